The molecule has 94 valence electrons. The van der Waals surface area contributed by atoms with E-state index in [1.165, 1.54) is 4.90 Å². The summed E-state index contributed by atoms with van der Waals surface area (Å²) in [5.41, 5.74) is 5.32. The minimum absolute atomic E-state index is 0.189. The normalized spacial score (nSPS) is 15.2. The Bertz CT molecular complexity index is 354. The van der Waals surface area contributed by atoms with Crippen LogP contribution in [-0.4, -0.2) is 52.6 Å². The van der Waals surface area contributed by atoms with E-state index < -0.39 is 0 Å². The first kappa shape index (κ1) is 13.6. The summed E-state index contributed by atoms with van der Waals surface area (Å²) in [7, 11) is 1.59. The Hall–Kier alpha value is -1.50. The highest BCUT2D eigenvalue weighted by molar-refractivity contribution is 7.80. The molecule has 0 aromatic heterocycles. The molecule has 2 N–H and O–H groups in total. The van der Waals surface area contributed by atoms with Gasteiger partial charge in [-0.15, -0.1) is 0 Å². The molecule has 0 bridgehead atoms. The average molecular weight is 257 g/mol. The van der Waals surface area contributed by atoms with E-state index in [4.69, 9.17) is 18.0 Å². The maximum Gasteiger partial charge on any atom is 0.242 e. The molecule has 0 atom stereocenters. The van der Waals surface area contributed by atoms with Crippen LogP contribution in [0.1, 0.15) is 19.3 Å². The predicted molar refractivity (Wildman–Crippen MR) is 65.0 cm³/mol. The van der Waals surface area contributed by atoms with Gasteiger partial charge in [0, 0.05) is 32.9 Å². The number of nitrogens with zero attached hydrogens (tertiary/aromatic N) is 2. The molecule has 1 aliphatic rings. The van der Waals surface area contributed by atoms with Gasteiger partial charge in [-0.1, -0.05) is 12.2 Å². The minimum Gasteiger partial charge on any atom is -0.393 e. The Labute approximate surface area is 105 Å². The van der Waals surface area contributed by atoms with E-state index >= 15 is 0 Å². The van der Waals surface area contributed by atoms with Gasteiger partial charge in [-0.25, -0.2) is 0 Å². The van der Waals surface area contributed by atoms with E-state index in [2.05, 4.69) is 0 Å². The maximum atomic E-state index is 11.7. The lowest BCUT2D eigenvalue weighted by molar-refractivity contribution is -0.144. The molecular formula is C10H15N3O3S. The fourth-order valence-corrected chi connectivity index (χ4v) is 1.55. The first-order valence-electron chi connectivity index (χ1n) is 5.27. The molecule has 0 saturated carbocycles. The highest BCUT2D eigenvalue weighted by Gasteiger charge is 2.31. The van der Waals surface area contributed by atoms with Crippen LogP contribution in [0.3, 0.4) is 0 Å². The number of likely N-dealkylation sites (N-methyl/N-ethyl adjacent to an activating group) is 1. The number of hydrogen-bond donors (Lipinski definition) is 1. The third-order valence-electron chi connectivity index (χ3n) is 2.57. The van der Waals surface area contributed by atoms with E-state index in [1.54, 1.807) is 7.05 Å². The van der Waals surface area contributed by atoms with Crippen LogP contribution in [0.4, 0.5) is 0 Å². The molecule has 1 fully saturated rings. The second kappa shape index (κ2) is 5.72. The van der Waals surface area contributed by atoms with Crippen molar-refractivity contribution in [1.29, 1.82) is 0 Å². The third-order valence-corrected chi connectivity index (χ3v) is 2.77. The Morgan fingerprint density at radius 1 is 1.41 bits per heavy atom. The van der Waals surface area contributed by atoms with E-state index in [0.29, 0.717) is 18.0 Å². The van der Waals surface area contributed by atoms with Gasteiger partial charge < -0.3 is 10.6 Å². The molecule has 1 aliphatic heterocycles. The van der Waals surface area contributed by atoms with E-state index in [1.807, 2.05) is 0 Å². The number of carbonyl (C=O) groups excluding carboxylic acids is 3. The molecule has 0 radical (unpaired) electrons. The Balaban J connectivity index is 2.45. The van der Waals surface area contributed by atoms with Gasteiger partial charge >= 0.3 is 0 Å². The molecule has 0 aliphatic carbocycles. The van der Waals surface area contributed by atoms with Gasteiger partial charge in [0.05, 0.1) is 4.99 Å². The van der Waals surface area contributed by atoms with Gasteiger partial charge in [0.25, 0.3) is 0 Å². The van der Waals surface area contributed by atoms with E-state index in [0.717, 1.165) is 4.90 Å². The second-order valence-corrected chi connectivity index (χ2v) is 4.43. The van der Waals surface area contributed by atoms with Gasteiger partial charge in [0.2, 0.25) is 17.7 Å². The molecule has 0 unspecified atom stereocenters. The molecular weight excluding hydrogens is 242 g/mol. The number of carbonyl (C=O) groups is 3. The summed E-state index contributed by atoms with van der Waals surface area (Å²) in [6.45, 7) is 0.204. The summed E-state index contributed by atoms with van der Waals surface area (Å²) in [6.07, 6.45) is 0.824. The fraction of sp³-hybridized carbons (Fsp3) is 0.600. The third kappa shape index (κ3) is 3.77. The zero-order chi connectivity index (χ0) is 13.0. The highest BCUT2D eigenvalue weighted by Crippen LogP contribution is 2.11. The summed E-state index contributed by atoms with van der Waals surface area (Å²) in [4.78, 5) is 37.0. The highest BCUT2D eigenvalue weighted by atomic mass is 32.1. The van der Waals surface area contributed by atoms with Crippen molar-refractivity contribution in [2.45, 2.75) is 19.3 Å². The van der Waals surface area contributed by atoms with Gasteiger partial charge in [0.15, 0.2) is 0 Å². The van der Waals surface area contributed by atoms with Crippen LogP contribution in [-0.2, 0) is 14.4 Å². The van der Waals surface area contributed by atoms with Crippen LogP contribution in [0.2, 0.25) is 0 Å². The van der Waals surface area contributed by atoms with Crippen molar-refractivity contribution in [3.05, 3.63) is 0 Å². The fourth-order valence-electron chi connectivity index (χ4n) is 1.46. The van der Waals surface area contributed by atoms with Crippen molar-refractivity contribution in [2.75, 3.05) is 20.1 Å². The van der Waals surface area contributed by atoms with Crippen LogP contribution in [0, 0.1) is 0 Å². The van der Waals surface area contributed by atoms with Crippen molar-refractivity contribution < 1.29 is 14.4 Å². The summed E-state index contributed by atoms with van der Waals surface area (Å²) >= 11 is 4.70. The summed E-state index contributed by atoms with van der Waals surface area (Å²) in [6, 6.07) is 0. The van der Waals surface area contributed by atoms with Crippen LogP contribution in [0.5, 0.6) is 0 Å². The van der Waals surface area contributed by atoms with Crippen molar-refractivity contribution in [1.82, 2.24) is 9.80 Å². The zero-order valence-electron chi connectivity index (χ0n) is 9.64. The smallest absolute Gasteiger partial charge is 0.242 e. The molecule has 3 amide bonds. The molecule has 1 rings (SSSR count). The lowest BCUT2D eigenvalue weighted by Crippen LogP contribution is -2.41. The quantitative estimate of drug-likeness (QED) is 0.518. The Morgan fingerprint density at radius 3 is 2.41 bits per heavy atom. The van der Waals surface area contributed by atoms with Crippen molar-refractivity contribution >= 4 is 34.9 Å². The van der Waals surface area contributed by atoms with Gasteiger partial charge in [-0.2, -0.15) is 0 Å². The summed E-state index contributed by atoms with van der Waals surface area (Å²) in [5.74, 6) is -0.859. The predicted octanol–water partition coefficient (Wildman–Crippen LogP) is -0.730. The monoisotopic (exact) mass is 257 g/mol. The topological polar surface area (TPSA) is 83.7 Å². The van der Waals surface area contributed by atoms with Crippen molar-refractivity contribution in [3.63, 3.8) is 0 Å². The lowest BCUT2D eigenvalue weighted by Gasteiger charge is -2.20. The largest absolute Gasteiger partial charge is 0.393 e. The second-order valence-electron chi connectivity index (χ2n) is 3.91. The Kier molecular flexibility index (Phi) is 4.56. The number of nitrogens with two attached hydrogens (primary N) is 1. The van der Waals surface area contributed by atoms with Gasteiger partial charge in [-0.05, 0) is 0 Å². The molecule has 0 aromatic carbocycles. The minimum atomic E-state index is -0.287. The zero-order valence-corrected chi connectivity index (χ0v) is 10.5. The number of amides is 3. The van der Waals surface area contributed by atoms with Crippen LogP contribution >= 0.6 is 12.2 Å². The summed E-state index contributed by atoms with van der Waals surface area (Å²) in [5, 5.41) is 0. The van der Waals surface area contributed by atoms with Crippen LogP contribution < -0.4 is 5.73 Å². The average Bonchev–Trinajstić information content (AvgIpc) is 2.57. The van der Waals surface area contributed by atoms with E-state index in [9.17, 15) is 14.4 Å². The molecule has 1 saturated heterocycles. The van der Waals surface area contributed by atoms with Gasteiger partial charge in [-0.3, -0.25) is 19.3 Å². The molecule has 6 nitrogen and oxygen atoms in total. The van der Waals surface area contributed by atoms with Crippen LogP contribution in [0.25, 0.3) is 0 Å². The van der Waals surface area contributed by atoms with E-state index in [-0.39, 0.29) is 37.1 Å². The number of imide groups is 1. The van der Waals surface area contributed by atoms with Crippen LogP contribution in [0.15, 0.2) is 0 Å². The SMILES string of the molecule is CN(CCC(N)=S)C(=O)CN1C(=O)CCC1=O. The number of hydrogen-bond acceptors (Lipinski definition) is 4. The molecule has 0 spiro atoms. The lowest BCUT2D eigenvalue weighted by atomic mass is 10.3. The number of likely N-dealkylation sites (tertiary alicyclic amines) is 1. The number of thiocarbonyl (C=S) groups is 1. The van der Waals surface area contributed by atoms with Crippen molar-refractivity contribution in [2.24, 2.45) is 5.73 Å². The number of rotatable bonds is 5. The maximum absolute atomic E-state index is 11.7. The molecule has 17 heavy (non-hydrogen) atoms. The summed E-state index contributed by atoms with van der Waals surface area (Å²) < 4.78 is 0. The molecule has 0 aromatic rings. The van der Waals surface area contributed by atoms with Gasteiger partial charge in [0.1, 0.15) is 6.54 Å². The molecule has 1 heterocycles. The first-order valence-corrected chi connectivity index (χ1v) is 5.68. The Morgan fingerprint density at radius 2 is 1.94 bits per heavy atom. The first-order chi connectivity index (χ1) is 7.91. The standard InChI is InChI=1S/C10H15N3O3S/c1-12(5-4-7(11)17)10(16)6-13-8(14)2-3-9(13)15/h2-6H2,1H3,(H2,11,17). The molecule has 7 heteroatoms. The van der Waals surface area contributed by atoms with Crippen molar-refractivity contribution in [3.8, 4) is 0 Å².